The second-order valence-electron chi connectivity index (χ2n) is 19.7. The van der Waals surface area contributed by atoms with Gasteiger partial charge in [0.2, 0.25) is 22.8 Å². The van der Waals surface area contributed by atoms with Gasteiger partial charge >= 0.3 is 0 Å². The van der Waals surface area contributed by atoms with E-state index >= 15 is 0 Å². The number of hydrogen-bond donors (Lipinski definition) is 0. The Balaban J connectivity index is 0.000000203. The van der Waals surface area contributed by atoms with Crippen molar-refractivity contribution in [2.45, 2.75) is 111 Å². The molecular weight excluding hydrogens is 1060 g/mol. The van der Waals surface area contributed by atoms with Crippen molar-refractivity contribution >= 4 is 86.2 Å². The van der Waals surface area contributed by atoms with Crippen molar-refractivity contribution in [1.82, 2.24) is 19.9 Å². The number of thiazole rings is 4. The van der Waals surface area contributed by atoms with Gasteiger partial charge in [0.1, 0.15) is 50.3 Å². The Morgan fingerprint density at radius 2 is 0.650 bits per heavy atom. The summed E-state index contributed by atoms with van der Waals surface area (Å²) in [4.78, 5) is 18.2. The number of aryl methyl sites for hydroxylation is 10. The van der Waals surface area contributed by atoms with Crippen LogP contribution in [0.25, 0.3) is 85.9 Å². The zero-order chi connectivity index (χ0) is 57.4. The van der Waals surface area contributed by atoms with Crippen molar-refractivity contribution in [3.05, 3.63) is 188 Å². The third-order valence-electron chi connectivity index (χ3n) is 13.3. The molecule has 12 rings (SSSR count). The number of pyridine rings is 4. The molecule has 8 nitrogen and oxygen atoms in total. The van der Waals surface area contributed by atoms with Crippen molar-refractivity contribution in [3.8, 4) is 45.0 Å². The molecule has 416 valence electrons. The number of hydrogen-bond acceptors (Lipinski definition) is 8. The van der Waals surface area contributed by atoms with Crippen LogP contribution in [0, 0.1) is 41.5 Å². The molecule has 8 aromatic heterocycles. The molecule has 0 radical (unpaired) electrons. The van der Waals surface area contributed by atoms with Crippen LogP contribution in [0.2, 0.25) is 0 Å². The van der Waals surface area contributed by atoms with Gasteiger partial charge in [0.15, 0.2) is 24.8 Å². The first-order valence-electron chi connectivity index (χ1n) is 27.4. The molecule has 0 saturated carbocycles. The summed E-state index contributed by atoms with van der Waals surface area (Å²) in [6, 6.07) is 42.4. The lowest BCUT2D eigenvalue weighted by atomic mass is 10.1. The minimum atomic E-state index is -2.41. The van der Waals surface area contributed by atoms with Gasteiger partial charge in [-0.2, -0.15) is 18.3 Å². The van der Waals surface area contributed by atoms with Gasteiger partial charge in [-0.15, -0.1) is 45.3 Å². The molecule has 0 fully saturated rings. The van der Waals surface area contributed by atoms with Crippen molar-refractivity contribution in [2.24, 2.45) is 28.2 Å². The average molecular weight is 1150 g/mol. The molecule has 0 N–H and O–H groups in total. The summed E-state index contributed by atoms with van der Waals surface area (Å²) < 4.78 is 44.2. The van der Waals surface area contributed by atoms with Crippen LogP contribution in [-0.4, -0.2) is 19.9 Å². The quantitative estimate of drug-likeness (QED) is 0.156. The zero-order valence-corrected chi connectivity index (χ0v) is 48.9. The van der Waals surface area contributed by atoms with Gasteiger partial charge in [0, 0.05) is 63.8 Å². The molecule has 12 heteroatoms. The Bertz CT molecular complexity index is 4100. The topological polar surface area (TPSA) is 67.1 Å². The maximum atomic E-state index is 8.24. The summed E-state index contributed by atoms with van der Waals surface area (Å²) in [6.07, 6.45) is 8.26. The number of rotatable bonds is 6. The summed E-state index contributed by atoms with van der Waals surface area (Å²) >= 11 is 6.59. The molecule has 80 heavy (non-hydrogen) atoms. The van der Waals surface area contributed by atoms with Crippen molar-refractivity contribution < 1.29 is 23.8 Å². The van der Waals surface area contributed by atoms with Gasteiger partial charge in [-0.25, -0.2) is 19.9 Å². The second kappa shape index (κ2) is 27.5. The van der Waals surface area contributed by atoms with Gasteiger partial charge in [-0.05, 0) is 88.1 Å². The molecule has 0 saturated heterocycles. The molecule has 0 aliphatic heterocycles. The first-order chi connectivity index (χ1) is 38.0. The fourth-order valence-electron chi connectivity index (χ4n) is 9.24. The third kappa shape index (κ3) is 14.1. The summed E-state index contributed by atoms with van der Waals surface area (Å²) in [5, 5.41) is 3.76. The van der Waals surface area contributed by atoms with E-state index < -0.39 is 12.7 Å². The van der Waals surface area contributed by atoms with E-state index in [4.69, 9.17) is 10.5 Å². The number of benzene rings is 4. The predicted octanol–water partition coefficient (Wildman–Crippen LogP) is 17.8. The molecule has 0 aliphatic rings. The molecule has 0 spiro atoms. The smallest absolute Gasteiger partial charge is 0.214 e. The Hall–Kier alpha value is -6.96. The van der Waals surface area contributed by atoms with Gasteiger partial charge in [0.25, 0.3) is 0 Å². The largest absolute Gasteiger partial charge is 0.235 e. The highest BCUT2D eigenvalue weighted by atomic mass is 32.1. The Labute approximate surface area is 499 Å². The molecule has 8 heterocycles. The summed E-state index contributed by atoms with van der Waals surface area (Å²) in [6.45, 7) is 16.0. The normalized spacial score (nSPS) is 12.3. The van der Waals surface area contributed by atoms with E-state index in [0.717, 1.165) is 48.0 Å². The van der Waals surface area contributed by atoms with Crippen molar-refractivity contribution in [3.63, 3.8) is 0 Å². The summed E-state index contributed by atoms with van der Waals surface area (Å²) in [5.41, 5.74) is 18.8. The van der Waals surface area contributed by atoms with E-state index in [9.17, 15) is 0 Å². The molecule has 4 aromatic carbocycles. The number of fused-ring (bicyclic) bond motifs is 4. The van der Waals surface area contributed by atoms with Crippen LogP contribution in [0.4, 0.5) is 0 Å². The lowest BCUT2D eigenvalue weighted by molar-refractivity contribution is -0.659. The molecule has 1 unspecified atom stereocenters. The average Bonchev–Trinajstić information content (AvgIpc) is 2.41. The highest BCUT2D eigenvalue weighted by Gasteiger charge is 2.21. The zero-order valence-electron chi connectivity index (χ0n) is 49.6. The lowest BCUT2D eigenvalue weighted by Crippen LogP contribution is -2.30. The minimum absolute atomic E-state index is 0. The summed E-state index contributed by atoms with van der Waals surface area (Å²) in [7, 11) is 8.20. The number of aromatic nitrogens is 8. The molecular formula is C68H84N8S4+4. The van der Waals surface area contributed by atoms with Crippen LogP contribution >= 0.6 is 45.3 Å². The lowest BCUT2D eigenvalue weighted by Gasteiger charge is -2.03. The van der Waals surface area contributed by atoms with Gasteiger partial charge in [0.05, 0.1) is 38.8 Å². The highest BCUT2D eigenvalue weighted by Crippen LogP contribution is 2.33. The van der Waals surface area contributed by atoms with E-state index in [1.807, 2.05) is 36.0 Å². The van der Waals surface area contributed by atoms with Crippen LogP contribution in [0.1, 0.15) is 117 Å². The van der Waals surface area contributed by atoms with Gasteiger partial charge in [-0.3, -0.25) is 0 Å². The first kappa shape index (κ1) is 57.7. The maximum absolute atomic E-state index is 8.24. The van der Waals surface area contributed by atoms with Crippen LogP contribution < -0.4 is 18.3 Å². The fourth-order valence-corrected chi connectivity index (χ4v) is 12.8. The van der Waals surface area contributed by atoms with Crippen LogP contribution in [0.5, 0.6) is 0 Å². The third-order valence-corrected chi connectivity index (χ3v) is 17.6. The monoisotopic (exact) mass is 1140 g/mol. The molecule has 0 bridgehead atoms. The van der Waals surface area contributed by atoms with Crippen LogP contribution in [0.3, 0.4) is 0 Å². The Kier molecular flexibility index (Phi) is 19.8. The first-order valence-corrected chi connectivity index (χ1v) is 28.6. The van der Waals surface area contributed by atoms with E-state index in [-0.39, 0.29) is 29.7 Å². The van der Waals surface area contributed by atoms with Crippen LogP contribution in [0.15, 0.2) is 146 Å². The maximum Gasteiger partial charge on any atom is 0.214 e. The van der Waals surface area contributed by atoms with Gasteiger partial charge in [-0.1, -0.05) is 130 Å². The van der Waals surface area contributed by atoms with E-state index in [1.165, 1.54) is 93.4 Å². The van der Waals surface area contributed by atoms with E-state index in [2.05, 4.69) is 227 Å². The minimum Gasteiger partial charge on any atom is -0.235 e. The molecule has 12 aromatic rings. The van der Waals surface area contributed by atoms with E-state index in [1.54, 1.807) is 34.0 Å². The number of nitrogens with zero attached hydrogens (tertiary/aromatic N) is 8. The van der Waals surface area contributed by atoms with E-state index in [0.29, 0.717) is 10.9 Å². The molecule has 0 amide bonds. The Morgan fingerprint density at radius 1 is 0.388 bits per heavy atom. The van der Waals surface area contributed by atoms with Crippen molar-refractivity contribution in [1.29, 1.82) is 0 Å². The molecule has 0 aliphatic carbocycles. The van der Waals surface area contributed by atoms with Gasteiger partial charge < -0.3 is 0 Å². The highest BCUT2D eigenvalue weighted by molar-refractivity contribution is 7.19. The Morgan fingerprint density at radius 3 is 0.938 bits per heavy atom. The second-order valence-corrected chi connectivity index (χ2v) is 24.2. The van der Waals surface area contributed by atoms with Crippen molar-refractivity contribution in [2.75, 3.05) is 0 Å². The molecule has 1 atom stereocenters. The van der Waals surface area contributed by atoms with Crippen LogP contribution in [-0.2, 0) is 28.2 Å². The predicted molar refractivity (Wildman–Crippen MR) is 348 cm³/mol. The standard InChI is InChI=1S/2C17H19N2S.2C15H15N2S.4CH4/c2*1-11(2)17-18-14-10-19(4)15(9-16(14)20-17)13-8-6-5-7-12(13)3;2*1-10-6-4-5-7-12(10)14-8-15-13(9-17(14)3)16-11(2)18-15;;;;/h2*5-11H,1-4H3;2*4-9H,1-3H3;4*1H4/q4*+1;;;;/i1D3,11D;;;;;;;. The SMILES string of the molecule is C.C.C.C.Cc1ccccc1-c1cc2sc(C(C)C)nc2c[n+]1C.Cc1nc2c[n+](C)c(-c3ccccc3C)cc2s1.Cc1nc2c[n+](C)c(-c3ccccc3C)cc2s1.[2H]C([2H])([2H])C([2H])(C)c1nc2c[n+](C)c(-c3ccccc3C)cc2s1. The summed E-state index contributed by atoms with van der Waals surface area (Å²) in [5.74, 6) is -1.22. The fraction of sp³-hybridized carbons (Fsp3) is 0.294.